The SMILES string of the molecule is CCCc1cccc(Nc2cc(C(C)C)c(C(=O)NC(C)CCS)cn2)c1. The summed E-state index contributed by atoms with van der Waals surface area (Å²) < 4.78 is 0. The van der Waals surface area contributed by atoms with Gasteiger partial charge in [0.25, 0.3) is 5.91 Å². The van der Waals surface area contributed by atoms with E-state index in [-0.39, 0.29) is 17.9 Å². The topological polar surface area (TPSA) is 54.0 Å². The minimum Gasteiger partial charge on any atom is -0.349 e. The Balaban J connectivity index is 2.22. The number of aryl methyl sites for hydroxylation is 1. The number of nitrogens with zero attached hydrogens (tertiary/aromatic N) is 1. The molecule has 0 aliphatic heterocycles. The standard InChI is InChI=1S/C22H31N3OS/c1-5-7-17-8-6-9-18(12-17)25-21-13-19(15(2)3)20(14-23-21)22(26)24-16(4)10-11-27/h6,8-9,12-16,27H,5,7,10-11H2,1-4H3,(H,23,25)(H,24,26). The van der Waals surface area contributed by atoms with Gasteiger partial charge in [-0.15, -0.1) is 0 Å². The fraction of sp³-hybridized carbons (Fsp3) is 0.455. The van der Waals surface area contributed by atoms with Crippen molar-refractivity contribution in [2.45, 2.75) is 58.9 Å². The summed E-state index contributed by atoms with van der Waals surface area (Å²) in [6.45, 7) is 8.36. The van der Waals surface area contributed by atoms with Crippen LogP contribution in [-0.4, -0.2) is 22.7 Å². The molecule has 2 rings (SSSR count). The van der Waals surface area contributed by atoms with Crippen molar-refractivity contribution in [2.24, 2.45) is 0 Å². The van der Waals surface area contributed by atoms with Gasteiger partial charge in [0.05, 0.1) is 5.56 Å². The second-order valence-corrected chi connectivity index (χ2v) is 7.72. The molecule has 5 heteroatoms. The van der Waals surface area contributed by atoms with Gasteiger partial charge in [-0.2, -0.15) is 12.6 Å². The molecule has 0 bridgehead atoms. The number of carbonyl (C=O) groups is 1. The Morgan fingerprint density at radius 2 is 2.00 bits per heavy atom. The Bertz CT molecular complexity index is 761. The molecule has 0 fully saturated rings. The van der Waals surface area contributed by atoms with Gasteiger partial charge in [0, 0.05) is 17.9 Å². The van der Waals surface area contributed by atoms with E-state index < -0.39 is 0 Å². The van der Waals surface area contributed by atoms with Crippen LogP contribution < -0.4 is 10.6 Å². The molecule has 0 aliphatic carbocycles. The molecule has 1 unspecified atom stereocenters. The third kappa shape index (κ3) is 6.28. The molecule has 1 aromatic carbocycles. The molecule has 0 saturated heterocycles. The molecule has 146 valence electrons. The lowest BCUT2D eigenvalue weighted by Gasteiger charge is -2.17. The lowest BCUT2D eigenvalue weighted by molar-refractivity contribution is 0.0938. The molecule has 0 spiro atoms. The van der Waals surface area contributed by atoms with Crippen LogP contribution in [0.4, 0.5) is 11.5 Å². The van der Waals surface area contributed by atoms with Crippen LogP contribution in [0, 0.1) is 0 Å². The first-order valence-electron chi connectivity index (χ1n) is 9.72. The lowest BCUT2D eigenvalue weighted by atomic mass is 9.98. The van der Waals surface area contributed by atoms with Crippen molar-refractivity contribution in [2.75, 3.05) is 11.1 Å². The zero-order chi connectivity index (χ0) is 19.8. The number of aromatic nitrogens is 1. The average molecular weight is 386 g/mol. The van der Waals surface area contributed by atoms with E-state index >= 15 is 0 Å². The van der Waals surface area contributed by atoms with Gasteiger partial charge in [-0.1, -0.05) is 39.3 Å². The number of hydrogen-bond donors (Lipinski definition) is 3. The second kappa shape index (κ2) is 10.4. The molecule has 4 nitrogen and oxygen atoms in total. The highest BCUT2D eigenvalue weighted by Crippen LogP contribution is 2.24. The van der Waals surface area contributed by atoms with Crippen LogP contribution in [0.25, 0.3) is 0 Å². The van der Waals surface area contributed by atoms with Gasteiger partial charge in [-0.05, 0) is 60.8 Å². The summed E-state index contributed by atoms with van der Waals surface area (Å²) in [6, 6.07) is 10.5. The third-order valence-electron chi connectivity index (χ3n) is 4.48. The summed E-state index contributed by atoms with van der Waals surface area (Å²) >= 11 is 4.23. The molecule has 27 heavy (non-hydrogen) atoms. The molecule has 1 amide bonds. The predicted octanol–water partition coefficient (Wildman–Crippen LogP) is 5.34. The quantitative estimate of drug-likeness (QED) is 0.511. The van der Waals surface area contributed by atoms with Crippen molar-refractivity contribution < 1.29 is 4.79 Å². The number of pyridine rings is 1. The number of nitrogens with one attached hydrogen (secondary N) is 2. The molecule has 1 aromatic heterocycles. The number of carbonyl (C=O) groups excluding carboxylic acids is 1. The van der Waals surface area contributed by atoms with Gasteiger partial charge in [-0.25, -0.2) is 4.98 Å². The van der Waals surface area contributed by atoms with Crippen molar-refractivity contribution in [3.8, 4) is 0 Å². The zero-order valence-electron chi connectivity index (χ0n) is 16.7. The molecule has 1 atom stereocenters. The summed E-state index contributed by atoms with van der Waals surface area (Å²) in [4.78, 5) is 17.1. The molecule has 2 N–H and O–H groups in total. The van der Waals surface area contributed by atoms with Gasteiger partial charge in [0.1, 0.15) is 5.82 Å². The predicted molar refractivity (Wildman–Crippen MR) is 117 cm³/mol. The maximum Gasteiger partial charge on any atom is 0.253 e. The molecule has 2 aromatic rings. The summed E-state index contributed by atoms with van der Waals surface area (Å²) in [5.41, 5.74) is 3.96. The maximum absolute atomic E-state index is 12.6. The molecular formula is C22H31N3OS. The van der Waals surface area contributed by atoms with Crippen molar-refractivity contribution in [1.29, 1.82) is 0 Å². The Morgan fingerprint density at radius 1 is 1.22 bits per heavy atom. The summed E-state index contributed by atoms with van der Waals surface area (Å²) in [6.07, 6.45) is 4.70. The van der Waals surface area contributed by atoms with Crippen molar-refractivity contribution >= 4 is 30.0 Å². The fourth-order valence-electron chi connectivity index (χ4n) is 3.02. The van der Waals surface area contributed by atoms with E-state index in [0.29, 0.717) is 5.56 Å². The van der Waals surface area contributed by atoms with Gasteiger partial charge in [0.2, 0.25) is 0 Å². The number of anilines is 2. The normalized spacial score (nSPS) is 12.1. The van der Waals surface area contributed by atoms with Gasteiger partial charge < -0.3 is 10.6 Å². The van der Waals surface area contributed by atoms with E-state index in [0.717, 1.165) is 42.1 Å². The van der Waals surface area contributed by atoms with Crippen LogP contribution in [0.5, 0.6) is 0 Å². The van der Waals surface area contributed by atoms with E-state index in [2.05, 4.69) is 67.2 Å². The highest BCUT2D eigenvalue weighted by atomic mass is 32.1. The first-order valence-corrected chi connectivity index (χ1v) is 10.4. The average Bonchev–Trinajstić information content (AvgIpc) is 2.62. The highest BCUT2D eigenvalue weighted by molar-refractivity contribution is 7.80. The summed E-state index contributed by atoms with van der Waals surface area (Å²) in [5, 5.41) is 6.41. The third-order valence-corrected chi connectivity index (χ3v) is 4.74. The van der Waals surface area contributed by atoms with Crippen molar-refractivity contribution in [1.82, 2.24) is 10.3 Å². The number of benzene rings is 1. The molecule has 1 heterocycles. The molecule has 0 aliphatic rings. The Hall–Kier alpha value is -2.01. The fourth-order valence-corrected chi connectivity index (χ4v) is 3.40. The van der Waals surface area contributed by atoms with Crippen LogP contribution >= 0.6 is 12.6 Å². The Morgan fingerprint density at radius 3 is 2.67 bits per heavy atom. The molecule has 0 radical (unpaired) electrons. The van der Waals surface area contributed by atoms with E-state index in [1.54, 1.807) is 6.20 Å². The second-order valence-electron chi connectivity index (χ2n) is 7.27. The smallest absolute Gasteiger partial charge is 0.253 e. The highest BCUT2D eigenvalue weighted by Gasteiger charge is 2.17. The maximum atomic E-state index is 12.6. The zero-order valence-corrected chi connectivity index (χ0v) is 17.6. The minimum absolute atomic E-state index is 0.0722. The number of hydrogen-bond acceptors (Lipinski definition) is 4. The molecule has 0 saturated carbocycles. The Kier molecular flexibility index (Phi) is 8.17. The van der Waals surface area contributed by atoms with Crippen LogP contribution in [-0.2, 0) is 6.42 Å². The van der Waals surface area contributed by atoms with Crippen molar-refractivity contribution in [3.63, 3.8) is 0 Å². The first kappa shape index (κ1) is 21.3. The number of amides is 1. The van der Waals surface area contributed by atoms with Gasteiger partial charge >= 0.3 is 0 Å². The minimum atomic E-state index is -0.0722. The number of rotatable bonds is 9. The summed E-state index contributed by atoms with van der Waals surface area (Å²) in [5.74, 6) is 1.65. The monoisotopic (exact) mass is 385 g/mol. The van der Waals surface area contributed by atoms with Crippen molar-refractivity contribution in [3.05, 3.63) is 53.2 Å². The van der Waals surface area contributed by atoms with E-state index in [9.17, 15) is 4.79 Å². The number of thiol groups is 1. The van der Waals surface area contributed by atoms with Crippen LogP contribution in [0.1, 0.15) is 67.9 Å². The van der Waals surface area contributed by atoms with E-state index in [1.165, 1.54) is 5.56 Å². The van der Waals surface area contributed by atoms with E-state index in [4.69, 9.17) is 0 Å². The van der Waals surface area contributed by atoms with Crippen LogP contribution in [0.15, 0.2) is 36.5 Å². The Labute approximate surface area is 168 Å². The van der Waals surface area contributed by atoms with Crippen LogP contribution in [0.3, 0.4) is 0 Å². The van der Waals surface area contributed by atoms with Gasteiger partial charge in [-0.3, -0.25) is 4.79 Å². The summed E-state index contributed by atoms with van der Waals surface area (Å²) in [7, 11) is 0. The first-order chi connectivity index (χ1) is 12.9. The van der Waals surface area contributed by atoms with Crippen LogP contribution in [0.2, 0.25) is 0 Å². The lowest BCUT2D eigenvalue weighted by Crippen LogP contribution is -2.33. The van der Waals surface area contributed by atoms with Gasteiger partial charge in [0.15, 0.2) is 0 Å². The largest absolute Gasteiger partial charge is 0.349 e. The molecular weight excluding hydrogens is 354 g/mol. The van der Waals surface area contributed by atoms with E-state index in [1.807, 2.05) is 19.1 Å².